The van der Waals surface area contributed by atoms with E-state index in [0.717, 1.165) is 46.2 Å². The zero-order valence-corrected chi connectivity index (χ0v) is 23.1. The summed E-state index contributed by atoms with van der Waals surface area (Å²) in [6.45, 7) is 4.45. The van der Waals surface area contributed by atoms with Crippen LogP contribution in [0.3, 0.4) is 0 Å². The predicted octanol–water partition coefficient (Wildman–Crippen LogP) is 4.87. The van der Waals surface area contributed by atoms with Crippen LogP contribution >= 0.6 is 23.3 Å². The summed E-state index contributed by atoms with van der Waals surface area (Å²) < 4.78 is 25.2. The van der Waals surface area contributed by atoms with E-state index in [4.69, 9.17) is 14.2 Å². The molecule has 2 aromatic rings. The first-order chi connectivity index (χ1) is 17.5. The van der Waals surface area contributed by atoms with Crippen LogP contribution in [0.15, 0.2) is 16.5 Å². The predicted molar refractivity (Wildman–Crippen MR) is 140 cm³/mol. The SMILES string of the molecule is COc1ccc2c3c1O[C@H]1C4(OC)CCC5(C[C@@H]4CSc4nc(C)ns4)[C@@H](C2)N(CC2CC2)CCC315. The van der Waals surface area contributed by atoms with E-state index in [0.29, 0.717) is 12.0 Å². The van der Waals surface area contributed by atoms with Crippen molar-refractivity contribution in [2.45, 2.75) is 79.4 Å². The molecular formula is C28H35N3O3S2. The Bertz CT molecular complexity index is 1230. The maximum atomic E-state index is 7.14. The molecule has 4 saturated carbocycles. The fraction of sp³-hybridized carbons (Fsp3) is 0.714. The second-order valence-corrected chi connectivity index (χ2v) is 14.2. The minimum atomic E-state index is -0.281. The van der Waals surface area contributed by atoms with Crippen molar-refractivity contribution in [3.05, 3.63) is 29.1 Å². The molecule has 36 heavy (non-hydrogen) atoms. The number of nitrogens with zero attached hydrogens (tertiary/aromatic N) is 3. The van der Waals surface area contributed by atoms with E-state index in [9.17, 15) is 0 Å². The van der Waals surface area contributed by atoms with Crippen LogP contribution in [0.25, 0.3) is 0 Å². The molecule has 192 valence electrons. The number of hydrogen-bond donors (Lipinski definition) is 0. The summed E-state index contributed by atoms with van der Waals surface area (Å²) in [5.41, 5.74) is 2.97. The molecule has 5 fully saturated rings. The Hall–Kier alpha value is -1.35. The summed E-state index contributed by atoms with van der Waals surface area (Å²) in [5.74, 6) is 5.14. The van der Waals surface area contributed by atoms with Crippen molar-refractivity contribution < 1.29 is 14.2 Å². The number of hydrogen-bond acceptors (Lipinski definition) is 8. The van der Waals surface area contributed by atoms with Gasteiger partial charge in [-0.1, -0.05) is 17.8 Å². The van der Waals surface area contributed by atoms with Gasteiger partial charge in [0.15, 0.2) is 15.8 Å². The highest BCUT2D eigenvalue weighted by atomic mass is 32.2. The monoisotopic (exact) mass is 525 g/mol. The normalized spacial score (nSPS) is 39.7. The van der Waals surface area contributed by atoms with E-state index in [2.05, 4.69) is 26.4 Å². The van der Waals surface area contributed by atoms with E-state index in [1.54, 1.807) is 7.11 Å². The first kappa shape index (κ1) is 22.6. The standard InChI is InChI=1S/C28H35N3O3S2/c1-16-29-25(36-30-16)35-15-19-13-26-8-9-28(19,33-3)24-27(26)10-11-31(14-17-4-5-17)21(26)12-18-6-7-20(32-2)23(34-24)22(18)27/h6-7,17,19,21,24H,4-5,8-15H2,1-3H3/t19-,21-,24-,26?,27?,28?/m1/s1. The lowest BCUT2D eigenvalue weighted by Crippen LogP contribution is -2.81. The van der Waals surface area contributed by atoms with Crippen molar-refractivity contribution in [3.63, 3.8) is 0 Å². The van der Waals surface area contributed by atoms with Gasteiger partial charge in [-0.3, -0.25) is 4.90 Å². The number of thioether (sulfide) groups is 1. The molecule has 0 N–H and O–H groups in total. The van der Waals surface area contributed by atoms with Crippen LogP contribution in [-0.2, 0) is 16.6 Å². The fourth-order valence-electron chi connectivity index (χ4n) is 9.40. The molecular weight excluding hydrogens is 490 g/mol. The number of aromatic nitrogens is 2. The number of likely N-dealkylation sites (tertiary alicyclic amines) is 1. The van der Waals surface area contributed by atoms with Crippen LogP contribution in [-0.4, -0.2) is 65.1 Å². The van der Waals surface area contributed by atoms with Crippen LogP contribution < -0.4 is 9.47 Å². The van der Waals surface area contributed by atoms with Crippen molar-refractivity contribution in [2.75, 3.05) is 33.1 Å². The van der Waals surface area contributed by atoms with Crippen molar-refractivity contribution in [2.24, 2.45) is 17.3 Å². The fourth-order valence-corrected chi connectivity index (χ4v) is 11.3. The van der Waals surface area contributed by atoms with Crippen LogP contribution in [0.5, 0.6) is 11.5 Å². The summed E-state index contributed by atoms with van der Waals surface area (Å²) >= 11 is 3.40. The van der Waals surface area contributed by atoms with Gasteiger partial charge in [0, 0.05) is 47.8 Å². The molecule has 1 aromatic heterocycles. The average molecular weight is 526 g/mol. The number of aryl methyl sites for hydroxylation is 1. The number of ether oxygens (including phenoxy) is 3. The minimum absolute atomic E-state index is 0.0317. The molecule has 0 amide bonds. The molecule has 2 spiro atoms. The molecule has 3 unspecified atom stereocenters. The molecule has 2 aliphatic heterocycles. The summed E-state index contributed by atoms with van der Waals surface area (Å²) in [7, 11) is 3.72. The van der Waals surface area contributed by atoms with Gasteiger partial charge < -0.3 is 14.2 Å². The number of benzene rings is 1. The Morgan fingerprint density at radius 1 is 1.22 bits per heavy atom. The topological polar surface area (TPSA) is 56.7 Å². The molecule has 6 nitrogen and oxygen atoms in total. The Balaban J connectivity index is 1.27. The molecule has 4 bridgehead atoms. The van der Waals surface area contributed by atoms with Gasteiger partial charge in [0.25, 0.3) is 0 Å². The lowest BCUT2D eigenvalue weighted by Gasteiger charge is -2.74. The Labute approximate surface area is 221 Å². The number of piperidine rings is 1. The van der Waals surface area contributed by atoms with Gasteiger partial charge in [-0.2, -0.15) is 4.37 Å². The largest absolute Gasteiger partial charge is 0.493 e. The van der Waals surface area contributed by atoms with E-state index >= 15 is 0 Å². The summed E-state index contributed by atoms with van der Waals surface area (Å²) in [5, 5.41) is 0. The van der Waals surface area contributed by atoms with E-state index in [-0.39, 0.29) is 22.5 Å². The van der Waals surface area contributed by atoms with Crippen LogP contribution in [0.2, 0.25) is 0 Å². The number of methoxy groups -OCH3 is 2. The highest BCUT2D eigenvalue weighted by molar-refractivity contribution is 8.00. The summed E-state index contributed by atoms with van der Waals surface area (Å²) in [6.07, 6.45) is 8.73. The lowest BCUT2D eigenvalue weighted by atomic mass is 9.35. The second kappa shape index (κ2) is 7.61. The van der Waals surface area contributed by atoms with E-state index in [1.165, 1.54) is 67.9 Å². The third-order valence-electron chi connectivity index (χ3n) is 10.9. The lowest BCUT2D eigenvalue weighted by molar-refractivity contribution is -0.273. The first-order valence-corrected chi connectivity index (χ1v) is 15.4. The molecule has 6 atom stereocenters. The van der Waals surface area contributed by atoms with Gasteiger partial charge >= 0.3 is 0 Å². The molecule has 5 aliphatic carbocycles. The molecule has 0 radical (unpaired) electrons. The zero-order chi connectivity index (χ0) is 24.3. The Morgan fingerprint density at radius 2 is 2.11 bits per heavy atom. The van der Waals surface area contributed by atoms with Crippen molar-refractivity contribution in [1.82, 2.24) is 14.3 Å². The van der Waals surface area contributed by atoms with Crippen molar-refractivity contribution >= 4 is 23.3 Å². The Kier molecular flexibility index (Phi) is 4.78. The molecule has 8 heteroatoms. The van der Waals surface area contributed by atoms with Crippen molar-refractivity contribution in [3.8, 4) is 11.5 Å². The van der Waals surface area contributed by atoms with Crippen LogP contribution in [0, 0.1) is 24.2 Å². The quantitative estimate of drug-likeness (QED) is 0.478. The van der Waals surface area contributed by atoms with Crippen molar-refractivity contribution in [1.29, 1.82) is 0 Å². The van der Waals surface area contributed by atoms with E-state index < -0.39 is 0 Å². The average Bonchev–Trinajstić information content (AvgIpc) is 3.49. The summed E-state index contributed by atoms with van der Waals surface area (Å²) in [4.78, 5) is 7.57. The Morgan fingerprint density at radius 3 is 2.86 bits per heavy atom. The van der Waals surface area contributed by atoms with Gasteiger partial charge in [-0.15, -0.1) is 0 Å². The van der Waals surface area contributed by atoms with Gasteiger partial charge in [0.2, 0.25) is 0 Å². The molecule has 1 saturated heterocycles. The van der Waals surface area contributed by atoms with Gasteiger partial charge in [-0.25, -0.2) is 4.98 Å². The first-order valence-electron chi connectivity index (χ1n) is 13.6. The highest BCUT2D eigenvalue weighted by Gasteiger charge is 2.80. The van der Waals surface area contributed by atoms with Crippen LogP contribution in [0.1, 0.15) is 55.5 Å². The second-order valence-electron chi connectivity index (χ2n) is 12.1. The molecule has 9 rings (SSSR count). The maximum absolute atomic E-state index is 7.14. The molecule has 1 aromatic carbocycles. The van der Waals surface area contributed by atoms with Crippen LogP contribution in [0.4, 0.5) is 0 Å². The smallest absolute Gasteiger partial charge is 0.170 e. The van der Waals surface area contributed by atoms with Gasteiger partial charge in [0.1, 0.15) is 17.5 Å². The third kappa shape index (κ3) is 2.67. The number of fused-ring (bicyclic) bond motifs is 2. The summed E-state index contributed by atoms with van der Waals surface area (Å²) in [6, 6.07) is 5.09. The number of rotatable bonds is 7. The zero-order valence-electron chi connectivity index (χ0n) is 21.4. The maximum Gasteiger partial charge on any atom is 0.170 e. The highest BCUT2D eigenvalue weighted by Crippen LogP contribution is 2.77. The minimum Gasteiger partial charge on any atom is -0.493 e. The third-order valence-corrected chi connectivity index (χ3v) is 13.0. The molecule has 3 heterocycles. The van der Waals surface area contributed by atoms with Gasteiger partial charge in [-0.05, 0) is 87.5 Å². The molecule has 7 aliphatic rings. The van der Waals surface area contributed by atoms with Gasteiger partial charge in [0.05, 0.1) is 7.11 Å². The van der Waals surface area contributed by atoms with E-state index in [1.807, 2.05) is 25.8 Å².